The van der Waals surface area contributed by atoms with Gasteiger partial charge in [-0.2, -0.15) is 0 Å². The Kier molecular flexibility index (Phi) is 6.47. The van der Waals surface area contributed by atoms with Gasteiger partial charge in [0.15, 0.2) is 0 Å². The van der Waals surface area contributed by atoms with Crippen molar-refractivity contribution in [3.8, 4) is 0 Å². The van der Waals surface area contributed by atoms with Crippen molar-refractivity contribution in [2.24, 2.45) is 5.92 Å². The van der Waals surface area contributed by atoms with Crippen LogP contribution in [-0.2, 0) is 11.3 Å². The van der Waals surface area contributed by atoms with Gasteiger partial charge in [0.1, 0.15) is 5.82 Å². The van der Waals surface area contributed by atoms with E-state index in [1.165, 1.54) is 12.8 Å². The van der Waals surface area contributed by atoms with Crippen molar-refractivity contribution >= 4 is 29.1 Å². The van der Waals surface area contributed by atoms with Gasteiger partial charge in [-0.25, -0.2) is 9.78 Å². The van der Waals surface area contributed by atoms with Crippen LogP contribution in [0.5, 0.6) is 0 Å². The maximum atomic E-state index is 12.1. The highest BCUT2D eigenvalue weighted by Gasteiger charge is 2.13. The number of amides is 3. The molecule has 0 bridgehead atoms. The highest BCUT2D eigenvalue weighted by Crippen LogP contribution is 2.18. The lowest BCUT2D eigenvalue weighted by atomic mass is 10.2. The van der Waals surface area contributed by atoms with Crippen molar-refractivity contribution in [3.63, 3.8) is 0 Å². The summed E-state index contributed by atoms with van der Waals surface area (Å²) in [5.41, 5.74) is 2.31. The normalized spacial score (nSPS) is 13.5. The summed E-state index contributed by atoms with van der Waals surface area (Å²) in [4.78, 5) is 30.5. The molecule has 0 aliphatic carbocycles. The number of anilines is 3. The molecule has 2 aromatic rings. The summed E-state index contributed by atoms with van der Waals surface area (Å²) in [6.45, 7) is 6.21. The van der Waals surface area contributed by atoms with Gasteiger partial charge in [0, 0.05) is 43.1 Å². The summed E-state index contributed by atoms with van der Waals surface area (Å²) in [5.74, 6) is 0.876. The van der Waals surface area contributed by atoms with Gasteiger partial charge in [0.05, 0.1) is 0 Å². The number of nitrogens with zero attached hydrogens (tertiary/aromatic N) is 2. The third-order valence-corrected chi connectivity index (χ3v) is 4.63. The summed E-state index contributed by atoms with van der Waals surface area (Å²) >= 11 is 0. The van der Waals surface area contributed by atoms with E-state index < -0.39 is 0 Å². The molecule has 0 saturated carbocycles. The molecule has 2 heterocycles. The second-order valence-corrected chi connectivity index (χ2v) is 7.25. The van der Waals surface area contributed by atoms with E-state index in [9.17, 15) is 9.59 Å². The molecule has 0 radical (unpaired) electrons. The molecule has 28 heavy (non-hydrogen) atoms. The lowest BCUT2D eigenvalue weighted by molar-refractivity contribution is -0.118. The number of rotatable bonds is 6. The van der Waals surface area contributed by atoms with E-state index in [0.717, 1.165) is 24.5 Å². The van der Waals surface area contributed by atoms with Crippen LogP contribution >= 0.6 is 0 Å². The van der Waals surface area contributed by atoms with Gasteiger partial charge in [-0.3, -0.25) is 4.79 Å². The van der Waals surface area contributed by atoms with Crippen LogP contribution in [0, 0.1) is 5.92 Å². The average molecular weight is 381 g/mol. The predicted molar refractivity (Wildman–Crippen MR) is 111 cm³/mol. The molecule has 0 unspecified atom stereocenters. The summed E-state index contributed by atoms with van der Waals surface area (Å²) < 4.78 is 0. The van der Waals surface area contributed by atoms with Crippen LogP contribution in [0.4, 0.5) is 22.0 Å². The molecule has 0 spiro atoms. The third-order valence-electron chi connectivity index (χ3n) is 4.63. The van der Waals surface area contributed by atoms with Gasteiger partial charge in [0.2, 0.25) is 5.91 Å². The SMILES string of the molecule is CC(C)C(=O)Nc1ccc(NC(=O)NCc2ccc(N3CCCC3)nc2)cc1. The molecule has 148 valence electrons. The summed E-state index contributed by atoms with van der Waals surface area (Å²) in [6, 6.07) is 10.7. The van der Waals surface area contributed by atoms with Crippen molar-refractivity contribution < 1.29 is 9.59 Å². The van der Waals surface area contributed by atoms with E-state index in [2.05, 4.69) is 25.8 Å². The Bertz CT molecular complexity index is 797. The monoisotopic (exact) mass is 381 g/mol. The molecule has 1 aromatic heterocycles. The van der Waals surface area contributed by atoms with Gasteiger partial charge in [-0.05, 0) is 48.7 Å². The second-order valence-electron chi connectivity index (χ2n) is 7.25. The number of benzene rings is 1. The Morgan fingerprint density at radius 2 is 1.64 bits per heavy atom. The van der Waals surface area contributed by atoms with E-state index in [1.54, 1.807) is 30.5 Å². The minimum atomic E-state index is -0.289. The highest BCUT2D eigenvalue weighted by atomic mass is 16.2. The van der Waals surface area contributed by atoms with Crippen LogP contribution in [0.3, 0.4) is 0 Å². The van der Waals surface area contributed by atoms with Gasteiger partial charge in [-0.1, -0.05) is 19.9 Å². The fourth-order valence-electron chi connectivity index (χ4n) is 2.94. The Morgan fingerprint density at radius 1 is 1.00 bits per heavy atom. The number of pyridine rings is 1. The highest BCUT2D eigenvalue weighted by molar-refractivity contribution is 5.93. The first kappa shape index (κ1) is 19.7. The first-order valence-corrected chi connectivity index (χ1v) is 9.67. The fraction of sp³-hybridized carbons (Fsp3) is 0.381. The molecular formula is C21H27N5O2. The molecule has 3 rings (SSSR count). The van der Waals surface area contributed by atoms with Crippen LogP contribution in [0.25, 0.3) is 0 Å². The van der Waals surface area contributed by atoms with Gasteiger partial charge in [0.25, 0.3) is 0 Å². The number of hydrogen-bond donors (Lipinski definition) is 3. The van der Waals surface area contributed by atoms with Gasteiger partial charge >= 0.3 is 6.03 Å². The standard InChI is InChI=1S/C21H27N5O2/c1-15(2)20(27)24-17-6-8-18(9-7-17)25-21(28)23-14-16-5-10-19(22-13-16)26-11-3-4-12-26/h5-10,13,15H,3-4,11-12,14H2,1-2H3,(H,24,27)(H2,23,25,28). The molecule has 1 aliphatic heterocycles. The van der Waals surface area contributed by atoms with Crippen LogP contribution in [-0.4, -0.2) is 30.0 Å². The van der Waals surface area contributed by atoms with Crippen LogP contribution < -0.4 is 20.9 Å². The molecular weight excluding hydrogens is 354 g/mol. The maximum absolute atomic E-state index is 12.1. The number of carbonyl (C=O) groups is 2. The van der Waals surface area contributed by atoms with E-state index in [-0.39, 0.29) is 17.9 Å². The molecule has 1 aliphatic rings. The fourth-order valence-corrected chi connectivity index (χ4v) is 2.94. The Morgan fingerprint density at radius 3 is 2.21 bits per heavy atom. The number of urea groups is 1. The first-order valence-electron chi connectivity index (χ1n) is 9.67. The Hall–Kier alpha value is -3.09. The molecule has 1 aromatic carbocycles. The number of carbonyl (C=O) groups excluding carboxylic acids is 2. The number of hydrogen-bond acceptors (Lipinski definition) is 4. The zero-order chi connectivity index (χ0) is 19.9. The molecule has 0 atom stereocenters. The lowest BCUT2D eigenvalue weighted by Gasteiger charge is -2.16. The summed E-state index contributed by atoms with van der Waals surface area (Å²) in [5, 5.41) is 8.42. The summed E-state index contributed by atoms with van der Waals surface area (Å²) in [7, 11) is 0. The molecule has 7 heteroatoms. The van der Waals surface area contributed by atoms with Gasteiger partial charge < -0.3 is 20.9 Å². The Labute approximate surface area is 165 Å². The first-order chi connectivity index (χ1) is 13.5. The van der Waals surface area contributed by atoms with Crippen LogP contribution in [0.1, 0.15) is 32.3 Å². The summed E-state index contributed by atoms with van der Waals surface area (Å²) in [6.07, 6.45) is 4.24. The molecule has 3 N–H and O–H groups in total. The minimum Gasteiger partial charge on any atom is -0.357 e. The van der Waals surface area contributed by atoms with Crippen LogP contribution in [0.15, 0.2) is 42.6 Å². The van der Waals surface area contributed by atoms with Crippen molar-refractivity contribution in [2.75, 3.05) is 28.6 Å². The van der Waals surface area contributed by atoms with Crippen LogP contribution in [0.2, 0.25) is 0 Å². The van der Waals surface area contributed by atoms with E-state index in [1.807, 2.05) is 26.0 Å². The van der Waals surface area contributed by atoms with Crippen molar-refractivity contribution in [2.45, 2.75) is 33.2 Å². The van der Waals surface area contributed by atoms with Crippen molar-refractivity contribution in [1.82, 2.24) is 10.3 Å². The predicted octanol–water partition coefficient (Wildman–Crippen LogP) is 3.60. The second kappa shape index (κ2) is 9.21. The average Bonchev–Trinajstić information content (AvgIpc) is 3.23. The maximum Gasteiger partial charge on any atom is 0.319 e. The molecule has 7 nitrogen and oxygen atoms in total. The molecule has 3 amide bonds. The third kappa shape index (κ3) is 5.45. The number of aromatic nitrogens is 1. The topological polar surface area (TPSA) is 86.4 Å². The van der Waals surface area contributed by atoms with Crippen molar-refractivity contribution in [3.05, 3.63) is 48.2 Å². The zero-order valence-electron chi connectivity index (χ0n) is 16.4. The van der Waals surface area contributed by atoms with E-state index in [4.69, 9.17) is 0 Å². The van der Waals surface area contributed by atoms with Gasteiger partial charge in [-0.15, -0.1) is 0 Å². The lowest BCUT2D eigenvalue weighted by Crippen LogP contribution is -2.28. The van der Waals surface area contributed by atoms with E-state index in [0.29, 0.717) is 17.9 Å². The van der Waals surface area contributed by atoms with E-state index >= 15 is 0 Å². The largest absolute Gasteiger partial charge is 0.357 e. The number of nitrogens with one attached hydrogen (secondary N) is 3. The minimum absolute atomic E-state index is 0.0391. The zero-order valence-corrected chi connectivity index (χ0v) is 16.4. The molecule has 1 saturated heterocycles. The van der Waals surface area contributed by atoms with Crippen molar-refractivity contribution in [1.29, 1.82) is 0 Å². The molecule has 1 fully saturated rings. The Balaban J connectivity index is 1.45. The smallest absolute Gasteiger partial charge is 0.319 e. The quantitative estimate of drug-likeness (QED) is 0.714.